The maximum Gasteiger partial charge on any atom is 0.269 e. The summed E-state index contributed by atoms with van der Waals surface area (Å²) >= 11 is 0. The Kier molecular flexibility index (Phi) is 3.24. The van der Waals surface area contributed by atoms with Crippen LogP contribution in [0.1, 0.15) is 10.4 Å². The van der Waals surface area contributed by atoms with Crippen molar-refractivity contribution in [3.8, 4) is 0 Å². The minimum Gasteiger partial charge on any atom is -0.280 e. The van der Waals surface area contributed by atoms with Crippen molar-refractivity contribution in [2.75, 3.05) is 5.43 Å². The predicted molar refractivity (Wildman–Crippen MR) is 77.1 cm³/mol. The van der Waals surface area contributed by atoms with Crippen molar-refractivity contribution in [1.82, 2.24) is 15.6 Å². The lowest BCUT2D eigenvalue weighted by Crippen LogP contribution is -2.29. The number of hydrazine groups is 1. The third-order valence-electron chi connectivity index (χ3n) is 2.90. The molecule has 3 aromatic rings. The number of amides is 1. The summed E-state index contributed by atoms with van der Waals surface area (Å²) in [6.45, 7) is 0. The number of aromatic nitrogens is 2. The summed E-state index contributed by atoms with van der Waals surface area (Å²) in [5.41, 5.74) is 6.01. The SMILES string of the molecule is O=C(NNc1nncc2ccccc12)c1ccccc1. The molecule has 98 valence electrons. The summed E-state index contributed by atoms with van der Waals surface area (Å²) in [7, 11) is 0. The standard InChI is InChI=1S/C15H12N4O/c20-15(11-6-2-1-3-7-11)19-18-14-13-9-5-4-8-12(13)10-16-17-14/h1-10H,(H,17,18)(H,19,20). The molecule has 20 heavy (non-hydrogen) atoms. The van der Waals surface area contributed by atoms with Crippen LogP contribution in [-0.4, -0.2) is 16.1 Å². The summed E-state index contributed by atoms with van der Waals surface area (Å²) in [5, 5.41) is 9.75. The summed E-state index contributed by atoms with van der Waals surface area (Å²) in [6, 6.07) is 16.7. The van der Waals surface area contributed by atoms with Gasteiger partial charge in [0.1, 0.15) is 0 Å². The molecular formula is C15H12N4O. The topological polar surface area (TPSA) is 66.9 Å². The van der Waals surface area contributed by atoms with Gasteiger partial charge in [0.15, 0.2) is 5.82 Å². The molecule has 3 rings (SSSR count). The highest BCUT2D eigenvalue weighted by atomic mass is 16.2. The molecule has 0 radical (unpaired) electrons. The van der Waals surface area contributed by atoms with Crippen LogP contribution in [0.25, 0.3) is 10.8 Å². The van der Waals surface area contributed by atoms with E-state index in [1.807, 2.05) is 42.5 Å². The largest absolute Gasteiger partial charge is 0.280 e. The highest BCUT2D eigenvalue weighted by Crippen LogP contribution is 2.18. The van der Waals surface area contributed by atoms with E-state index in [1.165, 1.54) is 0 Å². The van der Waals surface area contributed by atoms with Gasteiger partial charge in [0.25, 0.3) is 5.91 Å². The van der Waals surface area contributed by atoms with Crippen LogP contribution >= 0.6 is 0 Å². The first-order chi connectivity index (χ1) is 9.84. The van der Waals surface area contributed by atoms with Crippen LogP contribution in [0.5, 0.6) is 0 Å². The van der Waals surface area contributed by atoms with Gasteiger partial charge in [-0.15, -0.1) is 5.10 Å². The molecule has 0 atom stereocenters. The van der Waals surface area contributed by atoms with Crippen molar-refractivity contribution in [2.45, 2.75) is 0 Å². The number of anilines is 1. The van der Waals surface area contributed by atoms with Crippen LogP contribution in [-0.2, 0) is 0 Å². The third-order valence-corrected chi connectivity index (χ3v) is 2.90. The van der Waals surface area contributed by atoms with E-state index in [-0.39, 0.29) is 5.91 Å². The second-order valence-electron chi connectivity index (χ2n) is 4.23. The van der Waals surface area contributed by atoms with E-state index in [9.17, 15) is 4.79 Å². The van der Waals surface area contributed by atoms with Gasteiger partial charge in [-0.05, 0) is 12.1 Å². The molecule has 0 bridgehead atoms. The number of rotatable bonds is 3. The number of carbonyl (C=O) groups is 1. The molecule has 0 aliphatic heterocycles. The van der Waals surface area contributed by atoms with E-state index >= 15 is 0 Å². The van der Waals surface area contributed by atoms with Crippen LogP contribution in [0.4, 0.5) is 5.82 Å². The second-order valence-corrected chi connectivity index (χ2v) is 4.23. The highest BCUT2D eigenvalue weighted by molar-refractivity contribution is 5.96. The van der Waals surface area contributed by atoms with Gasteiger partial charge >= 0.3 is 0 Å². The van der Waals surface area contributed by atoms with Gasteiger partial charge in [-0.3, -0.25) is 15.6 Å². The minimum atomic E-state index is -0.222. The molecule has 1 amide bonds. The molecular weight excluding hydrogens is 252 g/mol. The molecule has 0 spiro atoms. The summed E-state index contributed by atoms with van der Waals surface area (Å²) in [4.78, 5) is 11.9. The fraction of sp³-hybridized carbons (Fsp3) is 0. The summed E-state index contributed by atoms with van der Waals surface area (Å²) in [6.07, 6.45) is 1.68. The lowest BCUT2D eigenvalue weighted by molar-refractivity contribution is 0.0962. The summed E-state index contributed by atoms with van der Waals surface area (Å²) in [5.74, 6) is 0.299. The molecule has 0 saturated heterocycles. The van der Waals surface area contributed by atoms with Gasteiger partial charge in [-0.2, -0.15) is 5.10 Å². The number of benzene rings is 2. The van der Waals surface area contributed by atoms with Crippen molar-refractivity contribution in [1.29, 1.82) is 0 Å². The zero-order chi connectivity index (χ0) is 13.8. The average molecular weight is 264 g/mol. The lowest BCUT2D eigenvalue weighted by atomic mass is 10.2. The zero-order valence-corrected chi connectivity index (χ0v) is 10.6. The molecule has 1 aromatic heterocycles. The normalized spacial score (nSPS) is 10.2. The number of nitrogens with one attached hydrogen (secondary N) is 2. The molecule has 1 heterocycles. The number of hydrogen-bond donors (Lipinski definition) is 2. The van der Waals surface area contributed by atoms with E-state index in [0.717, 1.165) is 10.8 Å². The van der Waals surface area contributed by atoms with Crippen LogP contribution in [0.3, 0.4) is 0 Å². The Balaban J connectivity index is 1.79. The monoisotopic (exact) mass is 264 g/mol. The van der Waals surface area contributed by atoms with Crippen LogP contribution in [0.15, 0.2) is 60.8 Å². The van der Waals surface area contributed by atoms with Gasteiger partial charge in [-0.25, -0.2) is 0 Å². The first kappa shape index (κ1) is 12.1. The predicted octanol–water partition coefficient (Wildman–Crippen LogP) is 2.39. The third kappa shape index (κ3) is 2.42. The van der Waals surface area contributed by atoms with E-state index < -0.39 is 0 Å². The first-order valence-corrected chi connectivity index (χ1v) is 6.16. The Bertz CT molecular complexity index is 738. The van der Waals surface area contributed by atoms with Gasteiger partial charge in [0, 0.05) is 16.3 Å². The van der Waals surface area contributed by atoms with E-state index in [1.54, 1.807) is 18.3 Å². The van der Waals surface area contributed by atoms with Crippen molar-refractivity contribution in [3.05, 3.63) is 66.4 Å². The van der Waals surface area contributed by atoms with Crippen molar-refractivity contribution < 1.29 is 4.79 Å². The van der Waals surface area contributed by atoms with Crippen LogP contribution in [0, 0.1) is 0 Å². The molecule has 0 aliphatic rings. The Labute approximate surface area is 115 Å². The number of nitrogens with zero attached hydrogens (tertiary/aromatic N) is 2. The molecule has 0 unspecified atom stereocenters. The first-order valence-electron chi connectivity index (χ1n) is 6.16. The average Bonchev–Trinajstić information content (AvgIpc) is 2.53. The smallest absolute Gasteiger partial charge is 0.269 e. The number of hydrogen-bond acceptors (Lipinski definition) is 4. The molecule has 0 aliphatic carbocycles. The van der Waals surface area contributed by atoms with E-state index in [0.29, 0.717) is 11.4 Å². The Morgan fingerprint density at radius 2 is 1.70 bits per heavy atom. The van der Waals surface area contributed by atoms with Crippen molar-refractivity contribution in [2.24, 2.45) is 0 Å². The zero-order valence-electron chi connectivity index (χ0n) is 10.6. The molecule has 2 aromatic carbocycles. The number of carbonyl (C=O) groups excluding carboxylic acids is 1. The lowest BCUT2D eigenvalue weighted by Gasteiger charge is -2.09. The molecule has 2 N–H and O–H groups in total. The molecule has 5 heteroatoms. The molecule has 0 saturated carbocycles. The second kappa shape index (κ2) is 5.36. The van der Waals surface area contributed by atoms with Gasteiger partial charge in [-0.1, -0.05) is 42.5 Å². The Hall–Kier alpha value is -2.95. The quantitative estimate of drug-likeness (QED) is 0.713. The van der Waals surface area contributed by atoms with Crippen molar-refractivity contribution >= 4 is 22.5 Å². The number of fused-ring (bicyclic) bond motifs is 1. The van der Waals surface area contributed by atoms with E-state index in [2.05, 4.69) is 21.0 Å². The minimum absolute atomic E-state index is 0.222. The van der Waals surface area contributed by atoms with Crippen LogP contribution in [0.2, 0.25) is 0 Å². The maximum absolute atomic E-state index is 11.9. The maximum atomic E-state index is 11.9. The van der Waals surface area contributed by atoms with Crippen LogP contribution < -0.4 is 10.9 Å². The van der Waals surface area contributed by atoms with E-state index in [4.69, 9.17) is 0 Å². The van der Waals surface area contributed by atoms with Gasteiger partial charge < -0.3 is 0 Å². The Morgan fingerprint density at radius 3 is 2.55 bits per heavy atom. The van der Waals surface area contributed by atoms with Gasteiger partial charge in [0.05, 0.1) is 6.20 Å². The fourth-order valence-electron chi connectivity index (χ4n) is 1.90. The highest BCUT2D eigenvalue weighted by Gasteiger charge is 2.06. The molecule has 5 nitrogen and oxygen atoms in total. The fourth-order valence-corrected chi connectivity index (χ4v) is 1.90. The van der Waals surface area contributed by atoms with Gasteiger partial charge in [0.2, 0.25) is 0 Å². The Morgan fingerprint density at radius 1 is 0.950 bits per heavy atom. The summed E-state index contributed by atoms with van der Waals surface area (Å²) < 4.78 is 0. The molecule has 0 fully saturated rings. The van der Waals surface area contributed by atoms with Crippen molar-refractivity contribution in [3.63, 3.8) is 0 Å².